The number of unbranched alkanes of at least 4 members (excludes halogenated alkanes) is 7. The van der Waals surface area contributed by atoms with Gasteiger partial charge in [0, 0.05) is 24.3 Å². The maximum Gasteiger partial charge on any atom is 0.330 e. The quantitative estimate of drug-likeness (QED) is 0.0895. The molecule has 0 aliphatic heterocycles. The van der Waals surface area contributed by atoms with Crippen molar-refractivity contribution in [3.8, 4) is 0 Å². The van der Waals surface area contributed by atoms with E-state index in [2.05, 4.69) is 13.5 Å². The van der Waals surface area contributed by atoms with E-state index in [1.807, 2.05) is 6.92 Å². The van der Waals surface area contributed by atoms with Gasteiger partial charge in [-0.1, -0.05) is 64.9 Å². The van der Waals surface area contributed by atoms with Gasteiger partial charge >= 0.3 is 5.97 Å². The minimum atomic E-state index is -0.673. The third kappa shape index (κ3) is 16.2. The summed E-state index contributed by atoms with van der Waals surface area (Å²) < 4.78 is 5.48. The van der Waals surface area contributed by atoms with Crippen molar-refractivity contribution in [3.05, 3.63) is 12.7 Å². The zero-order valence-corrected chi connectivity index (χ0v) is 20.9. The van der Waals surface area contributed by atoms with Crippen LogP contribution in [0.15, 0.2) is 12.7 Å². The summed E-state index contributed by atoms with van der Waals surface area (Å²) >= 11 is 0. The highest BCUT2D eigenvalue weighted by Gasteiger charge is 2.29. The van der Waals surface area contributed by atoms with E-state index in [4.69, 9.17) is 4.74 Å². The predicted molar refractivity (Wildman–Crippen MR) is 130 cm³/mol. The molecule has 0 radical (unpaired) electrons. The number of rotatable bonds is 22. The van der Waals surface area contributed by atoms with Gasteiger partial charge in [-0.15, -0.1) is 0 Å². The van der Waals surface area contributed by atoms with Crippen molar-refractivity contribution in [1.29, 1.82) is 0 Å². The molecule has 0 bridgehead atoms. The van der Waals surface area contributed by atoms with Crippen LogP contribution in [0.5, 0.6) is 0 Å². The molecule has 0 aliphatic rings. The molecule has 4 atom stereocenters. The zero-order chi connectivity index (χ0) is 24.2. The monoisotopic (exact) mass is 452 g/mol. The van der Waals surface area contributed by atoms with Crippen molar-refractivity contribution in [3.63, 3.8) is 0 Å². The lowest BCUT2D eigenvalue weighted by atomic mass is 9.90. The molecule has 186 valence electrons. The Balaban J connectivity index is 4.07. The largest absolute Gasteiger partial charge is 0.456 e. The Morgan fingerprint density at radius 2 is 1.41 bits per heavy atom. The fourth-order valence-corrected chi connectivity index (χ4v) is 4.36. The highest BCUT2D eigenvalue weighted by molar-refractivity contribution is 5.81. The van der Waals surface area contributed by atoms with E-state index in [1.54, 1.807) is 6.92 Å². The van der Waals surface area contributed by atoms with Crippen molar-refractivity contribution in [2.75, 3.05) is 0 Å². The average molecular weight is 453 g/mol. The Morgan fingerprint density at radius 1 is 0.906 bits per heavy atom. The fourth-order valence-electron chi connectivity index (χ4n) is 4.36. The lowest BCUT2D eigenvalue weighted by Gasteiger charge is -2.30. The van der Waals surface area contributed by atoms with Gasteiger partial charge in [0.2, 0.25) is 0 Å². The second-order valence-electron chi connectivity index (χ2n) is 9.65. The minimum absolute atomic E-state index is 0.0562. The summed E-state index contributed by atoms with van der Waals surface area (Å²) in [4.78, 5) is 34.3. The number of hydrogen-bond donors (Lipinski definition) is 1. The van der Waals surface area contributed by atoms with Crippen LogP contribution in [0, 0.1) is 11.8 Å². The van der Waals surface area contributed by atoms with Crippen molar-refractivity contribution in [1.82, 2.24) is 0 Å². The maximum absolute atomic E-state index is 11.6. The molecule has 0 aromatic rings. The number of esters is 1. The Kier molecular flexibility index (Phi) is 18.1. The summed E-state index contributed by atoms with van der Waals surface area (Å²) in [6.45, 7) is 9.19. The molecule has 0 rings (SSSR count). The van der Waals surface area contributed by atoms with Crippen LogP contribution in [-0.2, 0) is 19.1 Å². The van der Waals surface area contributed by atoms with Gasteiger partial charge in [0.05, 0.1) is 6.10 Å². The Morgan fingerprint density at radius 3 is 1.88 bits per heavy atom. The number of ether oxygens (including phenoxy) is 1. The van der Waals surface area contributed by atoms with Crippen molar-refractivity contribution in [2.45, 2.75) is 129 Å². The topological polar surface area (TPSA) is 80.7 Å². The normalized spacial score (nSPS) is 15.9. The Hall–Kier alpha value is -1.49. The highest BCUT2D eigenvalue weighted by atomic mass is 16.6. The third-order valence-electron chi connectivity index (χ3n) is 6.24. The molecule has 0 saturated heterocycles. The van der Waals surface area contributed by atoms with E-state index in [0.29, 0.717) is 12.8 Å². The molecule has 5 nitrogen and oxygen atoms in total. The molecule has 5 heteroatoms. The van der Waals surface area contributed by atoms with E-state index in [-0.39, 0.29) is 11.8 Å². The van der Waals surface area contributed by atoms with E-state index in [9.17, 15) is 19.5 Å². The van der Waals surface area contributed by atoms with Gasteiger partial charge < -0.3 is 19.4 Å². The molecule has 0 amide bonds. The summed E-state index contributed by atoms with van der Waals surface area (Å²) in [6, 6.07) is 0. The zero-order valence-electron chi connectivity index (χ0n) is 20.9. The fraction of sp³-hybridized carbons (Fsp3) is 0.815. The third-order valence-corrected chi connectivity index (χ3v) is 6.24. The first kappa shape index (κ1) is 30.5. The van der Waals surface area contributed by atoms with Gasteiger partial charge in [0.25, 0.3) is 0 Å². The molecular formula is C27H48O5. The van der Waals surface area contributed by atoms with Crippen LogP contribution < -0.4 is 0 Å². The highest BCUT2D eigenvalue weighted by Crippen LogP contribution is 2.26. The number of hydrogen-bond acceptors (Lipinski definition) is 5. The average Bonchev–Trinajstić information content (AvgIpc) is 2.75. The first-order chi connectivity index (χ1) is 15.3. The van der Waals surface area contributed by atoms with E-state index in [0.717, 1.165) is 82.9 Å². The van der Waals surface area contributed by atoms with E-state index < -0.39 is 17.7 Å². The molecule has 0 aliphatic carbocycles. The van der Waals surface area contributed by atoms with Crippen LogP contribution in [0.4, 0.5) is 0 Å². The molecule has 1 N–H and O–H groups in total. The molecule has 0 heterocycles. The van der Waals surface area contributed by atoms with Crippen LogP contribution >= 0.6 is 0 Å². The maximum atomic E-state index is 11.6. The van der Waals surface area contributed by atoms with E-state index >= 15 is 0 Å². The molecular weight excluding hydrogens is 404 g/mol. The van der Waals surface area contributed by atoms with Crippen molar-refractivity contribution in [2.24, 2.45) is 11.8 Å². The van der Waals surface area contributed by atoms with Crippen LogP contribution in [-0.4, -0.2) is 35.4 Å². The summed E-state index contributed by atoms with van der Waals surface area (Å²) in [7, 11) is 0. The first-order valence-electron chi connectivity index (χ1n) is 12.7. The standard InChI is InChI=1S/C27H48O5/c1-5-7-8-12-15-24(21-28)17-18-25(22-29)16-13-10-9-11-14-19-27(4,20-23(3)30)32-26(31)6-2/h6,21-25,30H,2,5,7-20H2,1,3-4H3. The van der Waals surface area contributed by atoms with E-state index in [1.165, 1.54) is 19.3 Å². The second-order valence-corrected chi connectivity index (χ2v) is 9.65. The first-order valence-corrected chi connectivity index (χ1v) is 12.7. The Labute approximate surface area is 196 Å². The Bertz CT molecular complexity index is 516. The molecule has 0 saturated carbocycles. The SMILES string of the molecule is C=CC(=O)OC(C)(CCCCCCCC(C=O)CCC(C=O)CCCCCC)CC(C)O. The summed E-state index contributed by atoms with van der Waals surface area (Å²) in [5.74, 6) is -0.299. The van der Waals surface area contributed by atoms with Gasteiger partial charge in [-0.2, -0.15) is 0 Å². The van der Waals surface area contributed by atoms with Gasteiger partial charge in [0.1, 0.15) is 18.2 Å². The van der Waals surface area contributed by atoms with Gasteiger partial charge in [-0.05, 0) is 52.4 Å². The van der Waals surface area contributed by atoms with Gasteiger partial charge in [0.15, 0.2) is 0 Å². The molecule has 0 fully saturated rings. The minimum Gasteiger partial charge on any atom is -0.456 e. The number of carbonyl (C=O) groups is 3. The van der Waals surface area contributed by atoms with Crippen LogP contribution in [0.1, 0.15) is 117 Å². The molecule has 32 heavy (non-hydrogen) atoms. The molecule has 4 unspecified atom stereocenters. The summed E-state index contributed by atoms with van der Waals surface area (Å²) in [5.41, 5.74) is -0.673. The predicted octanol–water partition coefficient (Wildman–Crippen LogP) is 6.36. The molecule has 0 aromatic heterocycles. The second kappa shape index (κ2) is 19.0. The van der Waals surface area contributed by atoms with Crippen LogP contribution in [0.25, 0.3) is 0 Å². The van der Waals surface area contributed by atoms with Crippen molar-refractivity contribution >= 4 is 18.5 Å². The number of aldehydes is 2. The van der Waals surface area contributed by atoms with Crippen molar-refractivity contribution < 1.29 is 24.2 Å². The lowest BCUT2D eigenvalue weighted by Crippen LogP contribution is -2.34. The summed E-state index contributed by atoms with van der Waals surface area (Å²) in [6.07, 6.45) is 17.2. The molecule has 0 aromatic carbocycles. The number of carbonyl (C=O) groups excluding carboxylic acids is 3. The summed E-state index contributed by atoms with van der Waals surface area (Å²) in [5, 5.41) is 9.71. The van der Waals surface area contributed by atoms with Crippen LogP contribution in [0.3, 0.4) is 0 Å². The van der Waals surface area contributed by atoms with Gasteiger partial charge in [-0.3, -0.25) is 0 Å². The lowest BCUT2D eigenvalue weighted by molar-refractivity contribution is -0.155. The molecule has 0 spiro atoms. The number of aliphatic hydroxyl groups excluding tert-OH is 1. The number of aliphatic hydroxyl groups is 1. The van der Waals surface area contributed by atoms with Gasteiger partial charge in [-0.25, -0.2) is 4.79 Å². The smallest absolute Gasteiger partial charge is 0.330 e. The van der Waals surface area contributed by atoms with Crippen LogP contribution in [0.2, 0.25) is 0 Å².